The average molecular weight is 376 g/mol. The van der Waals surface area contributed by atoms with Gasteiger partial charge in [-0.3, -0.25) is 4.79 Å². The lowest BCUT2D eigenvalue weighted by Crippen LogP contribution is -2.08. The highest BCUT2D eigenvalue weighted by atomic mass is 35.5. The Balaban J connectivity index is 2.07. The van der Waals surface area contributed by atoms with Gasteiger partial charge in [-0.15, -0.1) is 0 Å². The quantitative estimate of drug-likeness (QED) is 0.529. The minimum Gasteiger partial charge on any atom is -0.507 e. The molecule has 136 valence electrons. The third kappa shape index (κ3) is 4.77. The van der Waals surface area contributed by atoms with E-state index in [0.29, 0.717) is 12.1 Å². The number of carbonyl (C=O) groups is 2. The molecule has 0 fully saturated rings. The largest absolute Gasteiger partial charge is 0.507 e. The summed E-state index contributed by atoms with van der Waals surface area (Å²) in [5.41, 5.74) is 0.831. The van der Waals surface area contributed by atoms with E-state index in [1.807, 2.05) is 18.2 Å². The molecule has 26 heavy (non-hydrogen) atoms. The molecule has 0 spiro atoms. The molecule has 0 saturated heterocycles. The average Bonchev–Trinajstić information content (AvgIpc) is 2.62. The summed E-state index contributed by atoms with van der Waals surface area (Å²) in [6.07, 6.45) is 3.55. The summed E-state index contributed by atoms with van der Waals surface area (Å²) >= 11 is 6.05. The molecule has 6 nitrogen and oxygen atoms in total. The van der Waals surface area contributed by atoms with Crippen LogP contribution in [0.15, 0.2) is 48.6 Å². The standard InChI is InChI=1S/C19H18ClNO5/c1-26-19(25)17-13(18(20)15(23)11-14(17)22)9-5-6-10-16(24)21-12-7-3-2-4-8-12/h2-4,6-8,10-11,22-23H,5,9H2,1H3,(H,21,24)/b10-6-. The number of para-hydroxylation sites is 1. The van der Waals surface area contributed by atoms with E-state index in [-0.39, 0.29) is 34.2 Å². The summed E-state index contributed by atoms with van der Waals surface area (Å²) in [5, 5.41) is 22.3. The highest BCUT2D eigenvalue weighted by Gasteiger charge is 2.22. The summed E-state index contributed by atoms with van der Waals surface area (Å²) in [6, 6.07) is 9.99. The SMILES string of the molecule is COC(=O)c1c(O)cc(O)c(Cl)c1CC/C=C\C(=O)Nc1ccccc1. The van der Waals surface area contributed by atoms with Crippen LogP contribution in [-0.2, 0) is 16.0 Å². The first-order valence-electron chi connectivity index (χ1n) is 7.78. The lowest BCUT2D eigenvalue weighted by Gasteiger charge is -2.12. The molecular weight excluding hydrogens is 358 g/mol. The molecule has 0 aliphatic carbocycles. The fourth-order valence-electron chi connectivity index (χ4n) is 2.37. The van der Waals surface area contributed by atoms with E-state index >= 15 is 0 Å². The maximum atomic E-state index is 11.9. The number of rotatable bonds is 6. The molecule has 0 aromatic heterocycles. The number of halogens is 1. The number of amides is 1. The third-order valence-electron chi connectivity index (χ3n) is 3.58. The van der Waals surface area contributed by atoms with Crippen molar-refractivity contribution in [1.82, 2.24) is 0 Å². The number of ether oxygens (including phenoxy) is 1. The van der Waals surface area contributed by atoms with E-state index in [1.54, 1.807) is 18.2 Å². The van der Waals surface area contributed by atoms with Gasteiger partial charge in [0, 0.05) is 11.8 Å². The lowest BCUT2D eigenvalue weighted by molar-refractivity contribution is -0.111. The van der Waals surface area contributed by atoms with Gasteiger partial charge < -0.3 is 20.3 Å². The number of aromatic hydroxyl groups is 2. The first-order valence-corrected chi connectivity index (χ1v) is 8.16. The molecule has 0 atom stereocenters. The Labute approximate surface area is 155 Å². The number of anilines is 1. The highest BCUT2D eigenvalue weighted by molar-refractivity contribution is 6.33. The summed E-state index contributed by atoms with van der Waals surface area (Å²) in [6.45, 7) is 0. The van der Waals surface area contributed by atoms with Crippen molar-refractivity contribution in [3.8, 4) is 11.5 Å². The fourth-order valence-corrected chi connectivity index (χ4v) is 2.62. The first-order chi connectivity index (χ1) is 12.4. The van der Waals surface area contributed by atoms with Crippen LogP contribution in [0.25, 0.3) is 0 Å². The van der Waals surface area contributed by atoms with Crippen LogP contribution >= 0.6 is 11.6 Å². The van der Waals surface area contributed by atoms with Gasteiger partial charge in [0.2, 0.25) is 5.91 Å². The first kappa shape index (κ1) is 19.3. The number of hydrogen-bond donors (Lipinski definition) is 3. The number of phenolic OH excluding ortho intramolecular Hbond substituents is 2. The number of methoxy groups -OCH3 is 1. The second-order valence-electron chi connectivity index (χ2n) is 5.37. The minimum absolute atomic E-state index is 0.0367. The Morgan fingerprint density at radius 3 is 2.54 bits per heavy atom. The lowest BCUT2D eigenvalue weighted by atomic mass is 10.0. The fraction of sp³-hybridized carbons (Fsp3) is 0.158. The molecule has 2 rings (SSSR count). The summed E-state index contributed by atoms with van der Waals surface area (Å²) in [4.78, 5) is 23.7. The van der Waals surface area contributed by atoms with Gasteiger partial charge in [0.25, 0.3) is 0 Å². The van der Waals surface area contributed by atoms with Gasteiger partial charge in [-0.2, -0.15) is 0 Å². The Hall–Kier alpha value is -2.99. The molecule has 7 heteroatoms. The van der Waals surface area contributed by atoms with Gasteiger partial charge in [0.05, 0.1) is 12.1 Å². The monoisotopic (exact) mass is 375 g/mol. The molecule has 2 aromatic carbocycles. The molecule has 0 radical (unpaired) electrons. The molecule has 0 heterocycles. The number of phenols is 2. The number of nitrogens with one attached hydrogen (secondary N) is 1. The van der Waals surface area contributed by atoms with Gasteiger partial charge in [-0.1, -0.05) is 35.9 Å². The van der Waals surface area contributed by atoms with Gasteiger partial charge in [0.15, 0.2) is 0 Å². The van der Waals surface area contributed by atoms with Crippen molar-refractivity contribution >= 4 is 29.2 Å². The van der Waals surface area contributed by atoms with Gasteiger partial charge in [0.1, 0.15) is 17.1 Å². The van der Waals surface area contributed by atoms with Crippen LogP contribution in [-0.4, -0.2) is 29.2 Å². The van der Waals surface area contributed by atoms with Crippen LogP contribution in [0.4, 0.5) is 5.69 Å². The molecule has 0 bridgehead atoms. The molecule has 0 saturated carbocycles. The zero-order chi connectivity index (χ0) is 19.1. The van der Waals surface area contributed by atoms with Crippen LogP contribution in [0.2, 0.25) is 5.02 Å². The van der Waals surface area contributed by atoms with E-state index in [1.165, 1.54) is 13.2 Å². The molecule has 0 aliphatic rings. The number of esters is 1. The van der Waals surface area contributed by atoms with Crippen LogP contribution in [0, 0.1) is 0 Å². The maximum absolute atomic E-state index is 11.9. The van der Waals surface area contributed by atoms with Crippen molar-refractivity contribution in [1.29, 1.82) is 0 Å². The van der Waals surface area contributed by atoms with Crippen molar-refractivity contribution in [2.45, 2.75) is 12.8 Å². The molecule has 0 aliphatic heterocycles. The van der Waals surface area contributed by atoms with Crippen LogP contribution in [0.1, 0.15) is 22.3 Å². The third-order valence-corrected chi connectivity index (χ3v) is 4.00. The summed E-state index contributed by atoms with van der Waals surface area (Å²) in [5.74, 6) is -1.81. The zero-order valence-corrected chi connectivity index (χ0v) is 14.8. The van der Waals surface area contributed by atoms with Crippen molar-refractivity contribution < 1.29 is 24.5 Å². The molecule has 3 N–H and O–H groups in total. The van der Waals surface area contributed by atoms with Crippen LogP contribution in [0.3, 0.4) is 0 Å². The summed E-state index contributed by atoms with van der Waals surface area (Å²) in [7, 11) is 1.18. The molecular formula is C19H18ClNO5. The minimum atomic E-state index is -0.759. The normalized spacial score (nSPS) is 10.7. The number of hydrogen-bond acceptors (Lipinski definition) is 5. The zero-order valence-electron chi connectivity index (χ0n) is 14.0. The van der Waals surface area contributed by atoms with Gasteiger partial charge in [-0.25, -0.2) is 4.79 Å². The maximum Gasteiger partial charge on any atom is 0.341 e. The van der Waals surface area contributed by atoms with Crippen LogP contribution in [0.5, 0.6) is 11.5 Å². The predicted octanol–water partition coefficient (Wildman–Crippen LogP) is 3.67. The van der Waals surface area contributed by atoms with E-state index in [9.17, 15) is 19.8 Å². The predicted molar refractivity (Wildman–Crippen MR) is 98.7 cm³/mol. The molecule has 2 aromatic rings. The topological polar surface area (TPSA) is 95.9 Å². The van der Waals surface area contributed by atoms with Crippen LogP contribution < -0.4 is 5.32 Å². The summed E-state index contributed by atoms with van der Waals surface area (Å²) < 4.78 is 4.64. The second-order valence-corrected chi connectivity index (χ2v) is 5.75. The van der Waals surface area contributed by atoms with Gasteiger partial charge in [-0.05, 0) is 36.6 Å². The highest BCUT2D eigenvalue weighted by Crippen LogP contribution is 2.37. The van der Waals surface area contributed by atoms with Crippen molar-refractivity contribution in [3.05, 3.63) is 64.7 Å². The van der Waals surface area contributed by atoms with E-state index < -0.39 is 11.7 Å². The van der Waals surface area contributed by atoms with Crippen molar-refractivity contribution in [2.24, 2.45) is 0 Å². The number of allylic oxidation sites excluding steroid dienone is 1. The van der Waals surface area contributed by atoms with E-state index in [0.717, 1.165) is 6.07 Å². The second kappa shape index (κ2) is 8.92. The van der Waals surface area contributed by atoms with Crippen molar-refractivity contribution in [3.63, 3.8) is 0 Å². The Morgan fingerprint density at radius 1 is 1.19 bits per heavy atom. The number of carbonyl (C=O) groups excluding carboxylic acids is 2. The van der Waals surface area contributed by atoms with Gasteiger partial charge >= 0.3 is 5.97 Å². The van der Waals surface area contributed by atoms with E-state index in [4.69, 9.17) is 11.6 Å². The Kier molecular flexibility index (Phi) is 6.63. The smallest absolute Gasteiger partial charge is 0.341 e. The van der Waals surface area contributed by atoms with Crippen molar-refractivity contribution in [2.75, 3.05) is 12.4 Å². The Bertz CT molecular complexity index is 834. The molecule has 0 unspecified atom stereocenters. The number of benzene rings is 2. The Morgan fingerprint density at radius 2 is 1.88 bits per heavy atom. The molecule has 1 amide bonds. The van der Waals surface area contributed by atoms with E-state index in [2.05, 4.69) is 10.1 Å².